The van der Waals surface area contributed by atoms with Crippen molar-refractivity contribution < 1.29 is 18.2 Å². The lowest BCUT2D eigenvalue weighted by atomic mass is 10.2. The maximum absolute atomic E-state index is 12.4. The van der Waals surface area contributed by atoms with Gasteiger partial charge in [0.05, 0.1) is 23.7 Å². The van der Waals surface area contributed by atoms with E-state index in [1.54, 1.807) is 43.5 Å². The van der Waals surface area contributed by atoms with Crippen LogP contribution in [0.3, 0.4) is 0 Å². The van der Waals surface area contributed by atoms with Crippen LogP contribution in [-0.4, -0.2) is 17.2 Å². The highest BCUT2D eigenvalue weighted by molar-refractivity contribution is 9.10. The summed E-state index contributed by atoms with van der Waals surface area (Å²) in [5.74, 6) is 1.14. The van der Waals surface area contributed by atoms with Gasteiger partial charge in [-0.2, -0.15) is 0 Å². The lowest BCUT2D eigenvalue weighted by molar-refractivity contribution is 0.0921. The Bertz CT molecular complexity index is 1000. The summed E-state index contributed by atoms with van der Waals surface area (Å²) in [4.78, 5) is 13.0. The van der Waals surface area contributed by atoms with Crippen molar-refractivity contribution >= 4 is 44.2 Å². The first-order valence-corrected chi connectivity index (χ1v) is 10.8. The van der Waals surface area contributed by atoms with Crippen LogP contribution in [0.1, 0.15) is 21.9 Å². The van der Waals surface area contributed by atoms with Gasteiger partial charge in [-0.05, 0) is 54.6 Å². The summed E-state index contributed by atoms with van der Waals surface area (Å²) in [6.07, 6.45) is 0. The van der Waals surface area contributed by atoms with Crippen molar-refractivity contribution in [3.05, 3.63) is 81.2 Å². The minimum Gasteiger partial charge on any atom is -0.496 e. The second kappa shape index (κ2) is 9.41. The molecule has 0 aliphatic carbocycles. The van der Waals surface area contributed by atoms with E-state index in [9.17, 15) is 9.00 Å². The van der Waals surface area contributed by atoms with Crippen LogP contribution in [0.15, 0.2) is 68.4 Å². The van der Waals surface area contributed by atoms with Gasteiger partial charge in [-0.25, -0.2) is 0 Å². The molecule has 3 aromatic rings. The molecule has 1 aromatic heterocycles. The van der Waals surface area contributed by atoms with Crippen molar-refractivity contribution in [2.75, 3.05) is 7.11 Å². The van der Waals surface area contributed by atoms with Gasteiger partial charge in [0.25, 0.3) is 5.91 Å². The normalized spacial score (nSPS) is 11.8. The molecule has 0 saturated carbocycles. The second-order valence-electron chi connectivity index (χ2n) is 5.85. The maximum Gasteiger partial charge on any atom is 0.287 e. The zero-order chi connectivity index (χ0) is 20.1. The summed E-state index contributed by atoms with van der Waals surface area (Å²) in [5, 5.41) is 3.38. The van der Waals surface area contributed by atoms with E-state index in [1.807, 2.05) is 18.2 Å². The molecule has 1 N–H and O–H groups in total. The van der Waals surface area contributed by atoms with Crippen LogP contribution in [0.4, 0.5) is 0 Å². The number of rotatable bonds is 7. The average Bonchev–Trinajstić information content (AvgIpc) is 3.15. The number of amides is 1. The molecular formula is C20H17BrClNO4S. The Morgan fingerprint density at radius 2 is 1.93 bits per heavy atom. The van der Waals surface area contributed by atoms with Crippen molar-refractivity contribution in [3.63, 3.8) is 0 Å². The molecule has 8 heteroatoms. The monoisotopic (exact) mass is 481 g/mol. The molecule has 1 amide bonds. The number of ether oxygens (including phenoxy) is 1. The number of hydrogen-bond acceptors (Lipinski definition) is 4. The fourth-order valence-corrected chi connectivity index (χ4v) is 4.08. The van der Waals surface area contributed by atoms with Crippen LogP contribution >= 0.6 is 27.5 Å². The highest BCUT2D eigenvalue weighted by atomic mass is 79.9. The van der Waals surface area contributed by atoms with Gasteiger partial charge in [-0.15, -0.1) is 0 Å². The van der Waals surface area contributed by atoms with Gasteiger partial charge in [0.15, 0.2) is 5.76 Å². The molecule has 5 nitrogen and oxygen atoms in total. The summed E-state index contributed by atoms with van der Waals surface area (Å²) in [6.45, 7) is 0.286. The van der Waals surface area contributed by atoms with Crippen molar-refractivity contribution in [2.45, 2.75) is 17.2 Å². The summed E-state index contributed by atoms with van der Waals surface area (Å²) < 4.78 is 24.2. The lowest BCUT2D eigenvalue weighted by Crippen LogP contribution is -2.22. The number of carbonyl (C=O) groups is 1. The minimum absolute atomic E-state index is 0.164. The van der Waals surface area contributed by atoms with Gasteiger partial charge in [-0.3, -0.25) is 9.00 Å². The fourth-order valence-electron chi connectivity index (χ4n) is 2.52. The second-order valence-corrected chi connectivity index (χ2v) is 8.65. The average molecular weight is 483 g/mol. The topological polar surface area (TPSA) is 68.5 Å². The molecule has 0 aliphatic heterocycles. The molecule has 146 valence electrons. The molecular weight excluding hydrogens is 466 g/mol. The van der Waals surface area contributed by atoms with Gasteiger partial charge in [0.2, 0.25) is 0 Å². The van der Waals surface area contributed by atoms with Crippen molar-refractivity contribution in [1.82, 2.24) is 5.32 Å². The van der Waals surface area contributed by atoms with E-state index in [0.717, 1.165) is 10.0 Å². The highest BCUT2D eigenvalue weighted by Gasteiger charge is 2.14. The molecule has 0 saturated heterocycles. The molecule has 28 heavy (non-hydrogen) atoms. The van der Waals surface area contributed by atoms with E-state index < -0.39 is 10.8 Å². The quantitative estimate of drug-likeness (QED) is 0.518. The van der Waals surface area contributed by atoms with E-state index in [-0.39, 0.29) is 24.0 Å². The number of hydrogen-bond donors (Lipinski definition) is 1. The Morgan fingerprint density at radius 1 is 1.18 bits per heavy atom. The Morgan fingerprint density at radius 3 is 2.64 bits per heavy atom. The van der Waals surface area contributed by atoms with Gasteiger partial charge in [0, 0.05) is 26.5 Å². The van der Waals surface area contributed by atoms with E-state index in [4.69, 9.17) is 20.8 Å². The molecule has 1 heterocycles. The van der Waals surface area contributed by atoms with Crippen LogP contribution in [0.2, 0.25) is 5.02 Å². The molecule has 0 bridgehead atoms. The number of methoxy groups -OCH3 is 1. The third kappa shape index (κ3) is 5.25. The predicted molar refractivity (Wildman–Crippen MR) is 112 cm³/mol. The van der Waals surface area contributed by atoms with Gasteiger partial charge in [0.1, 0.15) is 11.5 Å². The fraction of sp³-hybridized carbons (Fsp3) is 0.150. The summed E-state index contributed by atoms with van der Waals surface area (Å²) in [6, 6.07) is 15.6. The van der Waals surface area contributed by atoms with E-state index >= 15 is 0 Å². The van der Waals surface area contributed by atoms with Gasteiger partial charge in [-0.1, -0.05) is 27.5 Å². The first-order chi connectivity index (χ1) is 13.5. The highest BCUT2D eigenvalue weighted by Crippen LogP contribution is 2.23. The van der Waals surface area contributed by atoms with Gasteiger partial charge < -0.3 is 14.5 Å². The number of nitrogens with one attached hydrogen (secondary N) is 1. The molecule has 0 spiro atoms. The molecule has 2 aromatic carbocycles. The van der Waals surface area contributed by atoms with Crippen LogP contribution in [-0.2, 0) is 23.1 Å². The van der Waals surface area contributed by atoms with E-state index in [2.05, 4.69) is 21.2 Å². The van der Waals surface area contributed by atoms with E-state index in [1.165, 1.54) is 0 Å². The number of halogens is 2. The zero-order valence-electron chi connectivity index (χ0n) is 14.9. The zero-order valence-corrected chi connectivity index (χ0v) is 18.1. The largest absolute Gasteiger partial charge is 0.496 e. The third-order valence-electron chi connectivity index (χ3n) is 3.92. The van der Waals surface area contributed by atoms with Crippen LogP contribution in [0.25, 0.3) is 0 Å². The van der Waals surface area contributed by atoms with E-state index in [0.29, 0.717) is 21.4 Å². The Hall–Kier alpha value is -2.09. The molecule has 0 aliphatic rings. The Kier molecular flexibility index (Phi) is 6.93. The van der Waals surface area contributed by atoms with Crippen LogP contribution in [0.5, 0.6) is 5.75 Å². The Balaban J connectivity index is 1.62. The lowest BCUT2D eigenvalue weighted by Gasteiger charge is -2.09. The molecule has 0 radical (unpaired) electrons. The molecule has 0 fully saturated rings. The summed E-state index contributed by atoms with van der Waals surface area (Å²) >= 11 is 9.25. The maximum atomic E-state index is 12.4. The molecule has 3 rings (SSSR count). The number of benzene rings is 2. The van der Waals surface area contributed by atoms with Crippen LogP contribution < -0.4 is 10.1 Å². The minimum atomic E-state index is -1.29. The van der Waals surface area contributed by atoms with Crippen molar-refractivity contribution in [3.8, 4) is 5.75 Å². The Labute approximate surface area is 178 Å². The van der Waals surface area contributed by atoms with Crippen LogP contribution in [0, 0.1) is 0 Å². The first kappa shape index (κ1) is 20.6. The molecule has 0 unspecified atom stereocenters. The molecule has 1 atom stereocenters. The standard InChI is InChI=1S/C20H17BrClNO4S/c1-26-18-8-2-14(21)10-13(18)11-23-20(24)19-9-5-16(27-19)12-28(25)17-6-3-15(22)4-7-17/h2-10H,11-12H2,1H3,(H,23,24)/t28-/m1/s1. The first-order valence-electron chi connectivity index (χ1n) is 8.29. The number of carbonyl (C=O) groups excluding carboxylic acids is 1. The smallest absolute Gasteiger partial charge is 0.287 e. The SMILES string of the molecule is COc1ccc(Br)cc1CNC(=O)c1ccc(C[S@@](=O)c2ccc(Cl)cc2)o1. The van der Waals surface area contributed by atoms with Crippen molar-refractivity contribution in [2.24, 2.45) is 0 Å². The van der Waals surface area contributed by atoms with Gasteiger partial charge >= 0.3 is 0 Å². The number of furan rings is 1. The summed E-state index contributed by atoms with van der Waals surface area (Å²) in [7, 11) is 0.289. The third-order valence-corrected chi connectivity index (χ3v) is 6.01. The summed E-state index contributed by atoms with van der Waals surface area (Å²) in [5.41, 5.74) is 0.834. The predicted octanol–water partition coefficient (Wildman–Crippen LogP) is 4.94. The van der Waals surface area contributed by atoms with Crippen molar-refractivity contribution in [1.29, 1.82) is 0 Å².